The maximum atomic E-state index is 11.5. The van der Waals surface area contributed by atoms with Gasteiger partial charge < -0.3 is 0 Å². The van der Waals surface area contributed by atoms with Crippen LogP contribution in [0.2, 0.25) is 0 Å². The largest absolute Gasteiger partial charge is 0.252 e. The van der Waals surface area contributed by atoms with Gasteiger partial charge in [0.15, 0.2) is 9.99 Å². The standard InChI is InChI=1S/C15H12N4OS2/c1-22(20)15-18-12-5-4-10(8-13(12)21-15)7-11-9-19-14(17-11)3-2-6-16-19/h2-6,8-9H,7H2,1H3. The van der Waals surface area contributed by atoms with E-state index in [4.69, 9.17) is 0 Å². The first-order valence-corrected chi connectivity index (χ1v) is 9.09. The lowest BCUT2D eigenvalue weighted by atomic mass is 10.1. The molecule has 0 N–H and O–H groups in total. The maximum Gasteiger partial charge on any atom is 0.181 e. The topological polar surface area (TPSA) is 60.2 Å². The van der Waals surface area contributed by atoms with Gasteiger partial charge in [0.05, 0.1) is 32.9 Å². The van der Waals surface area contributed by atoms with E-state index in [2.05, 4.69) is 21.1 Å². The lowest BCUT2D eigenvalue weighted by molar-refractivity contribution is 0.686. The minimum atomic E-state index is -1.03. The molecule has 0 saturated heterocycles. The molecule has 0 radical (unpaired) electrons. The molecule has 1 atom stereocenters. The Morgan fingerprint density at radius 1 is 1.27 bits per heavy atom. The highest BCUT2D eigenvalue weighted by Crippen LogP contribution is 2.25. The van der Waals surface area contributed by atoms with Crippen LogP contribution in [-0.4, -0.2) is 30.0 Å². The monoisotopic (exact) mass is 328 g/mol. The molecule has 1 unspecified atom stereocenters. The predicted molar refractivity (Wildman–Crippen MR) is 87.7 cm³/mol. The molecule has 3 aromatic heterocycles. The van der Waals surface area contributed by atoms with Crippen molar-refractivity contribution in [3.8, 4) is 0 Å². The van der Waals surface area contributed by atoms with E-state index in [1.165, 1.54) is 11.3 Å². The fraction of sp³-hybridized carbons (Fsp3) is 0.133. The quantitative estimate of drug-likeness (QED) is 0.580. The SMILES string of the molecule is CS(=O)c1nc2ccc(Cc3cn4ncccc4n3)cc2s1. The van der Waals surface area contributed by atoms with Crippen LogP contribution in [0.1, 0.15) is 11.3 Å². The van der Waals surface area contributed by atoms with E-state index in [1.807, 2.05) is 30.5 Å². The molecule has 5 nitrogen and oxygen atoms in total. The van der Waals surface area contributed by atoms with Gasteiger partial charge in [-0.2, -0.15) is 5.10 Å². The number of fused-ring (bicyclic) bond motifs is 2. The first-order valence-electron chi connectivity index (χ1n) is 6.71. The predicted octanol–water partition coefficient (Wildman–Crippen LogP) is 2.67. The van der Waals surface area contributed by atoms with E-state index in [0.717, 1.165) is 33.5 Å². The molecule has 0 spiro atoms. The molecule has 4 rings (SSSR count). The van der Waals surface area contributed by atoms with Crippen LogP contribution in [0.5, 0.6) is 0 Å². The highest BCUT2D eigenvalue weighted by atomic mass is 32.2. The van der Waals surface area contributed by atoms with Gasteiger partial charge in [-0.3, -0.25) is 4.21 Å². The zero-order valence-corrected chi connectivity index (χ0v) is 13.4. The molecule has 0 aliphatic rings. The molecular weight excluding hydrogens is 316 g/mol. The van der Waals surface area contributed by atoms with E-state index in [0.29, 0.717) is 4.34 Å². The summed E-state index contributed by atoms with van der Waals surface area (Å²) in [6.07, 6.45) is 6.08. The van der Waals surface area contributed by atoms with Crippen LogP contribution in [0.15, 0.2) is 47.1 Å². The van der Waals surface area contributed by atoms with Crippen LogP contribution < -0.4 is 0 Å². The fourth-order valence-electron chi connectivity index (χ4n) is 2.36. The summed E-state index contributed by atoms with van der Waals surface area (Å²) in [6.45, 7) is 0. The highest BCUT2D eigenvalue weighted by molar-refractivity contribution is 7.86. The Balaban J connectivity index is 1.69. The molecular formula is C15H12N4OS2. The van der Waals surface area contributed by atoms with E-state index in [-0.39, 0.29) is 0 Å². The summed E-state index contributed by atoms with van der Waals surface area (Å²) in [5.74, 6) is 0. The van der Waals surface area contributed by atoms with E-state index < -0.39 is 10.8 Å². The minimum absolute atomic E-state index is 0.670. The Kier molecular flexibility index (Phi) is 3.24. The summed E-state index contributed by atoms with van der Waals surface area (Å²) in [5, 5.41) is 4.23. The summed E-state index contributed by atoms with van der Waals surface area (Å²) in [5.41, 5.74) is 3.88. The average molecular weight is 328 g/mol. The van der Waals surface area contributed by atoms with Crippen LogP contribution in [0.4, 0.5) is 0 Å². The number of rotatable bonds is 3. The Hall–Kier alpha value is -2.12. The van der Waals surface area contributed by atoms with Gasteiger partial charge in [-0.15, -0.1) is 11.3 Å². The third kappa shape index (κ3) is 2.42. The number of thiazole rings is 1. The van der Waals surface area contributed by atoms with E-state index in [9.17, 15) is 4.21 Å². The highest BCUT2D eigenvalue weighted by Gasteiger charge is 2.09. The summed E-state index contributed by atoms with van der Waals surface area (Å²) in [6, 6.07) is 9.93. The Morgan fingerprint density at radius 3 is 3.00 bits per heavy atom. The fourth-order valence-corrected chi connectivity index (χ4v) is 4.08. The van der Waals surface area contributed by atoms with Crippen LogP contribution in [0, 0.1) is 0 Å². The second-order valence-corrected chi connectivity index (χ2v) is 7.56. The molecule has 22 heavy (non-hydrogen) atoms. The molecule has 110 valence electrons. The van der Waals surface area contributed by atoms with Crippen molar-refractivity contribution in [3.63, 3.8) is 0 Å². The van der Waals surface area contributed by atoms with Crippen molar-refractivity contribution >= 4 is 38.0 Å². The zero-order valence-electron chi connectivity index (χ0n) is 11.8. The van der Waals surface area contributed by atoms with Gasteiger partial charge in [-0.1, -0.05) is 6.07 Å². The van der Waals surface area contributed by atoms with Crippen LogP contribution >= 0.6 is 11.3 Å². The van der Waals surface area contributed by atoms with Gasteiger partial charge >= 0.3 is 0 Å². The molecule has 0 saturated carbocycles. The Morgan fingerprint density at radius 2 is 2.18 bits per heavy atom. The molecule has 0 bridgehead atoms. The van der Waals surface area contributed by atoms with Crippen molar-refractivity contribution in [1.29, 1.82) is 0 Å². The van der Waals surface area contributed by atoms with Crippen molar-refractivity contribution in [2.75, 3.05) is 6.26 Å². The summed E-state index contributed by atoms with van der Waals surface area (Å²) in [4.78, 5) is 8.94. The van der Waals surface area contributed by atoms with Crippen molar-refractivity contribution in [1.82, 2.24) is 19.6 Å². The van der Waals surface area contributed by atoms with E-state index >= 15 is 0 Å². The average Bonchev–Trinajstić information content (AvgIpc) is 3.09. The first-order chi connectivity index (χ1) is 10.7. The molecule has 4 aromatic rings. The lowest BCUT2D eigenvalue weighted by Crippen LogP contribution is -1.88. The van der Waals surface area contributed by atoms with E-state index in [1.54, 1.807) is 17.0 Å². The number of aromatic nitrogens is 4. The van der Waals surface area contributed by atoms with Crippen molar-refractivity contribution in [2.45, 2.75) is 10.8 Å². The smallest absolute Gasteiger partial charge is 0.181 e. The third-order valence-electron chi connectivity index (χ3n) is 3.35. The van der Waals surface area contributed by atoms with Gasteiger partial charge in [-0.05, 0) is 29.8 Å². The van der Waals surface area contributed by atoms with Crippen molar-refractivity contribution in [3.05, 3.63) is 54.0 Å². The zero-order chi connectivity index (χ0) is 15.1. The third-order valence-corrected chi connectivity index (χ3v) is 5.70. The minimum Gasteiger partial charge on any atom is -0.252 e. The lowest BCUT2D eigenvalue weighted by Gasteiger charge is -1.97. The summed E-state index contributed by atoms with van der Waals surface area (Å²) < 4.78 is 15.0. The Bertz CT molecular complexity index is 972. The first kappa shape index (κ1) is 13.5. The molecule has 1 aromatic carbocycles. The van der Waals surface area contributed by atoms with Crippen LogP contribution in [0.25, 0.3) is 15.9 Å². The number of benzene rings is 1. The molecule has 0 aliphatic carbocycles. The number of hydrogen-bond acceptors (Lipinski definition) is 5. The van der Waals surface area contributed by atoms with Gasteiger partial charge in [-0.25, -0.2) is 14.5 Å². The number of nitrogens with zero attached hydrogens (tertiary/aromatic N) is 4. The van der Waals surface area contributed by atoms with Crippen LogP contribution in [-0.2, 0) is 17.2 Å². The second-order valence-electron chi connectivity index (χ2n) is 4.97. The van der Waals surface area contributed by atoms with Gasteiger partial charge in [0.2, 0.25) is 0 Å². The molecule has 0 amide bonds. The van der Waals surface area contributed by atoms with Gasteiger partial charge in [0.1, 0.15) is 0 Å². The molecule has 7 heteroatoms. The molecule has 0 aliphatic heterocycles. The number of hydrogen-bond donors (Lipinski definition) is 0. The molecule has 0 fully saturated rings. The van der Waals surface area contributed by atoms with Crippen LogP contribution in [0.3, 0.4) is 0 Å². The second kappa shape index (κ2) is 5.26. The summed E-state index contributed by atoms with van der Waals surface area (Å²) in [7, 11) is -1.03. The van der Waals surface area contributed by atoms with Gasteiger partial charge in [0.25, 0.3) is 0 Å². The summed E-state index contributed by atoms with van der Waals surface area (Å²) >= 11 is 1.49. The van der Waals surface area contributed by atoms with Gasteiger partial charge in [0, 0.05) is 18.9 Å². The van der Waals surface area contributed by atoms with Crippen molar-refractivity contribution < 1.29 is 4.21 Å². The van der Waals surface area contributed by atoms with Crippen molar-refractivity contribution in [2.24, 2.45) is 0 Å². The normalized spacial score (nSPS) is 13.0. The number of imidazole rings is 1. The Labute approximate surface area is 133 Å². The maximum absolute atomic E-state index is 11.5. The molecule has 3 heterocycles.